The van der Waals surface area contributed by atoms with Crippen LogP contribution in [0, 0.1) is 0 Å². The minimum absolute atomic E-state index is 0.290. The van der Waals surface area contributed by atoms with E-state index in [9.17, 15) is 8.42 Å². The fraction of sp³-hybridized carbons (Fsp3) is 0.440. The highest BCUT2D eigenvalue weighted by molar-refractivity contribution is 7.89. The lowest BCUT2D eigenvalue weighted by Crippen LogP contribution is -2.49. The molecule has 0 aliphatic carbocycles. The van der Waals surface area contributed by atoms with E-state index in [-0.39, 0.29) is 10.5 Å². The van der Waals surface area contributed by atoms with Gasteiger partial charge >= 0.3 is 0 Å². The molecule has 3 aromatic rings. The molecule has 0 spiro atoms. The van der Waals surface area contributed by atoms with Crippen LogP contribution in [0.25, 0.3) is 10.9 Å². The third kappa shape index (κ3) is 5.65. The Labute approximate surface area is 201 Å². The van der Waals surface area contributed by atoms with E-state index < -0.39 is 10.0 Å². The maximum Gasteiger partial charge on any atom is 0.243 e. The first kappa shape index (κ1) is 24.4. The van der Waals surface area contributed by atoms with Gasteiger partial charge in [0.1, 0.15) is 17.2 Å². The fourth-order valence-electron chi connectivity index (χ4n) is 3.92. The smallest absolute Gasteiger partial charge is 0.243 e. The van der Waals surface area contributed by atoms with E-state index in [1.54, 1.807) is 35.7 Å². The first-order valence-corrected chi connectivity index (χ1v) is 12.9. The van der Waals surface area contributed by atoms with Gasteiger partial charge in [0, 0.05) is 39.1 Å². The number of para-hydroxylation sites is 1. The van der Waals surface area contributed by atoms with Crippen LogP contribution in [-0.2, 0) is 16.4 Å². The number of hydrogen-bond acceptors (Lipinski definition) is 7. The monoisotopic (exact) mass is 484 g/mol. The van der Waals surface area contributed by atoms with Gasteiger partial charge in [-0.1, -0.05) is 12.1 Å². The van der Waals surface area contributed by atoms with E-state index in [4.69, 9.17) is 19.4 Å². The molecule has 0 N–H and O–H groups in total. The van der Waals surface area contributed by atoms with Crippen molar-refractivity contribution in [2.24, 2.45) is 0 Å². The van der Waals surface area contributed by atoms with Crippen LogP contribution >= 0.6 is 0 Å². The lowest BCUT2D eigenvalue weighted by atomic mass is 10.2. The van der Waals surface area contributed by atoms with Gasteiger partial charge in [-0.3, -0.25) is 0 Å². The molecule has 9 heteroatoms. The molecule has 0 atom stereocenters. The molecule has 1 aromatic heterocycles. The van der Waals surface area contributed by atoms with Crippen LogP contribution < -0.4 is 9.47 Å². The number of sulfonamides is 1. The lowest BCUT2D eigenvalue weighted by Gasteiger charge is -2.33. The molecule has 1 fully saturated rings. The second-order valence-corrected chi connectivity index (χ2v) is 11.3. The van der Waals surface area contributed by atoms with E-state index in [1.807, 2.05) is 45.0 Å². The predicted octanol–water partition coefficient (Wildman–Crippen LogP) is 3.36. The lowest BCUT2D eigenvalue weighted by molar-refractivity contribution is 0.126. The Balaban J connectivity index is 1.39. The average Bonchev–Trinajstić information content (AvgIpc) is 2.82. The van der Waals surface area contributed by atoms with Gasteiger partial charge in [-0.15, -0.1) is 0 Å². The van der Waals surface area contributed by atoms with Crippen molar-refractivity contribution in [2.75, 3.05) is 39.8 Å². The zero-order valence-corrected chi connectivity index (χ0v) is 21.0. The summed E-state index contributed by atoms with van der Waals surface area (Å²) in [4.78, 5) is 12.0. The molecule has 182 valence electrons. The molecule has 34 heavy (non-hydrogen) atoms. The summed E-state index contributed by atoms with van der Waals surface area (Å²) in [5.41, 5.74) is 0.502. The molecule has 2 heterocycles. The average molecular weight is 485 g/mol. The largest absolute Gasteiger partial charge is 0.497 e. The van der Waals surface area contributed by atoms with Gasteiger partial charge in [0.2, 0.25) is 15.9 Å². The number of nitrogens with zero attached hydrogens (tertiary/aromatic N) is 4. The molecule has 1 aliphatic heterocycles. The molecule has 0 unspecified atom stereocenters. The molecule has 2 aromatic carbocycles. The van der Waals surface area contributed by atoms with Crippen molar-refractivity contribution in [1.29, 1.82) is 0 Å². The predicted molar refractivity (Wildman–Crippen MR) is 132 cm³/mol. The van der Waals surface area contributed by atoms with E-state index in [0.717, 1.165) is 23.3 Å². The maximum absolute atomic E-state index is 13.0. The summed E-state index contributed by atoms with van der Waals surface area (Å²) in [6.45, 7) is 8.98. The van der Waals surface area contributed by atoms with Gasteiger partial charge in [-0.05, 0) is 57.2 Å². The third-order valence-electron chi connectivity index (χ3n) is 5.70. The summed E-state index contributed by atoms with van der Waals surface area (Å²) in [6.07, 6.45) is 0.663. The quantitative estimate of drug-likeness (QED) is 0.508. The topological polar surface area (TPSA) is 84.9 Å². The molecule has 0 radical (unpaired) electrons. The van der Waals surface area contributed by atoms with Crippen LogP contribution in [0.4, 0.5) is 0 Å². The standard InChI is InChI=1S/C25H32N4O4S/c1-25(2,3)33-24-21-7-5-6-8-22(21)26-23(27-24)13-14-28-15-17-29(18-16-28)34(30,31)20-11-9-19(32-4)10-12-20/h5-12H,13-18H2,1-4H3. The van der Waals surface area contributed by atoms with Crippen molar-refractivity contribution in [1.82, 2.24) is 19.2 Å². The number of piperazine rings is 1. The Kier molecular flexibility index (Phi) is 7.06. The number of benzene rings is 2. The van der Waals surface area contributed by atoms with Gasteiger partial charge in [-0.2, -0.15) is 9.29 Å². The summed E-state index contributed by atoms with van der Waals surface area (Å²) in [7, 11) is -1.96. The molecule has 1 aliphatic rings. The Morgan fingerprint density at radius 3 is 2.26 bits per heavy atom. The van der Waals surface area contributed by atoms with E-state index >= 15 is 0 Å². The van der Waals surface area contributed by atoms with Gasteiger partial charge in [0.25, 0.3) is 0 Å². The van der Waals surface area contributed by atoms with E-state index in [2.05, 4.69) is 4.90 Å². The molecule has 0 amide bonds. The first-order valence-electron chi connectivity index (χ1n) is 11.5. The Morgan fingerprint density at radius 1 is 0.941 bits per heavy atom. The number of ether oxygens (including phenoxy) is 2. The third-order valence-corrected chi connectivity index (χ3v) is 7.61. The minimum Gasteiger partial charge on any atom is -0.497 e. The van der Waals surface area contributed by atoms with Gasteiger partial charge in [0.05, 0.1) is 22.9 Å². The zero-order valence-electron chi connectivity index (χ0n) is 20.2. The minimum atomic E-state index is -3.52. The highest BCUT2D eigenvalue weighted by Crippen LogP contribution is 2.26. The summed E-state index contributed by atoms with van der Waals surface area (Å²) >= 11 is 0. The summed E-state index contributed by atoms with van der Waals surface area (Å²) in [6, 6.07) is 14.4. The van der Waals surface area contributed by atoms with Gasteiger partial charge < -0.3 is 14.4 Å². The molecule has 8 nitrogen and oxygen atoms in total. The highest BCUT2D eigenvalue weighted by atomic mass is 32.2. The molecular weight excluding hydrogens is 452 g/mol. The Bertz CT molecular complexity index is 1230. The highest BCUT2D eigenvalue weighted by Gasteiger charge is 2.28. The van der Waals surface area contributed by atoms with Crippen molar-refractivity contribution in [2.45, 2.75) is 37.7 Å². The second-order valence-electron chi connectivity index (χ2n) is 9.35. The SMILES string of the molecule is COc1ccc(S(=O)(=O)N2CCN(CCc3nc(OC(C)(C)C)c4ccccc4n3)CC2)cc1. The van der Waals surface area contributed by atoms with Crippen LogP contribution in [0.1, 0.15) is 26.6 Å². The first-order chi connectivity index (χ1) is 16.2. The summed E-state index contributed by atoms with van der Waals surface area (Å²) in [5, 5.41) is 0.901. The fourth-order valence-corrected chi connectivity index (χ4v) is 5.34. The van der Waals surface area contributed by atoms with Crippen molar-refractivity contribution in [3.63, 3.8) is 0 Å². The molecule has 0 bridgehead atoms. The number of fused-ring (bicyclic) bond motifs is 1. The second kappa shape index (κ2) is 9.85. The summed E-state index contributed by atoms with van der Waals surface area (Å²) in [5.74, 6) is 1.96. The van der Waals surface area contributed by atoms with E-state index in [1.165, 1.54) is 0 Å². The van der Waals surface area contributed by atoms with Crippen LogP contribution in [0.15, 0.2) is 53.4 Å². The van der Waals surface area contributed by atoms with Crippen molar-refractivity contribution < 1.29 is 17.9 Å². The van der Waals surface area contributed by atoms with Crippen LogP contribution in [-0.4, -0.2) is 73.0 Å². The van der Waals surface area contributed by atoms with Gasteiger partial charge in [0.15, 0.2) is 0 Å². The zero-order chi connectivity index (χ0) is 24.3. The number of aromatic nitrogens is 2. The number of rotatable bonds is 7. The normalized spacial score (nSPS) is 16.0. The number of hydrogen-bond donors (Lipinski definition) is 0. The van der Waals surface area contributed by atoms with Crippen molar-refractivity contribution in [3.05, 3.63) is 54.4 Å². The molecule has 0 saturated carbocycles. The van der Waals surface area contributed by atoms with Crippen molar-refractivity contribution >= 4 is 20.9 Å². The number of methoxy groups -OCH3 is 1. The summed E-state index contributed by atoms with van der Waals surface area (Å²) < 4.78 is 38.7. The Hall–Kier alpha value is -2.75. The van der Waals surface area contributed by atoms with Gasteiger partial charge in [-0.25, -0.2) is 13.4 Å². The molecule has 1 saturated heterocycles. The molecule has 4 rings (SSSR count). The Morgan fingerprint density at radius 2 is 1.62 bits per heavy atom. The van der Waals surface area contributed by atoms with E-state index in [0.29, 0.717) is 44.2 Å². The maximum atomic E-state index is 13.0. The van der Waals surface area contributed by atoms with Crippen LogP contribution in [0.5, 0.6) is 11.6 Å². The van der Waals surface area contributed by atoms with Crippen molar-refractivity contribution in [3.8, 4) is 11.6 Å². The van der Waals surface area contributed by atoms with Crippen LogP contribution in [0.3, 0.4) is 0 Å². The molecular formula is C25H32N4O4S. The van der Waals surface area contributed by atoms with Crippen LogP contribution in [0.2, 0.25) is 0 Å².